The van der Waals surface area contributed by atoms with Gasteiger partial charge in [-0.05, 0) is 25.0 Å². The normalized spacial score (nSPS) is 12.7. The molecule has 0 spiro atoms. The number of nitrogens with two attached hydrogens (primary N) is 1. The van der Waals surface area contributed by atoms with Crippen molar-refractivity contribution in [3.05, 3.63) is 46.8 Å². The molecule has 1 atom stereocenters. The predicted octanol–water partition coefficient (Wildman–Crippen LogP) is 2.94. The second-order valence-electron chi connectivity index (χ2n) is 5.44. The third kappa shape index (κ3) is 2.85. The van der Waals surface area contributed by atoms with Gasteiger partial charge in [0.15, 0.2) is 0 Å². The van der Waals surface area contributed by atoms with Crippen LogP contribution in [0.5, 0.6) is 5.75 Å². The van der Waals surface area contributed by atoms with Crippen LogP contribution in [-0.4, -0.2) is 23.9 Å². The van der Waals surface area contributed by atoms with Crippen molar-refractivity contribution in [2.24, 2.45) is 5.73 Å². The van der Waals surface area contributed by atoms with Crippen LogP contribution in [0.25, 0.3) is 0 Å². The zero-order chi connectivity index (χ0) is 14.7. The van der Waals surface area contributed by atoms with Crippen LogP contribution < -0.4 is 10.5 Å². The average Bonchev–Trinajstić information content (AvgIpc) is 2.90. The molecule has 3 N–H and O–H groups in total. The van der Waals surface area contributed by atoms with E-state index < -0.39 is 0 Å². The van der Waals surface area contributed by atoms with Gasteiger partial charge >= 0.3 is 0 Å². The molecule has 0 aliphatic rings. The van der Waals surface area contributed by atoms with Crippen molar-refractivity contribution in [3.8, 4) is 5.75 Å². The van der Waals surface area contributed by atoms with E-state index in [9.17, 15) is 0 Å². The van der Waals surface area contributed by atoms with Gasteiger partial charge in [0.1, 0.15) is 5.75 Å². The molecule has 20 heavy (non-hydrogen) atoms. The molecule has 2 rings (SSSR count). The van der Waals surface area contributed by atoms with Gasteiger partial charge in [0.05, 0.1) is 12.8 Å². The fourth-order valence-electron chi connectivity index (χ4n) is 2.37. The summed E-state index contributed by atoms with van der Waals surface area (Å²) in [6.07, 6.45) is 0. The molecule has 0 saturated heterocycles. The molecule has 0 saturated carbocycles. The highest BCUT2D eigenvalue weighted by molar-refractivity contribution is 5.43. The van der Waals surface area contributed by atoms with Crippen LogP contribution >= 0.6 is 0 Å². The highest BCUT2D eigenvalue weighted by Gasteiger charge is 2.20. The minimum Gasteiger partial charge on any atom is -0.496 e. The van der Waals surface area contributed by atoms with Gasteiger partial charge in [-0.1, -0.05) is 31.5 Å². The smallest absolute Gasteiger partial charge is 0.122 e. The first-order chi connectivity index (χ1) is 9.56. The van der Waals surface area contributed by atoms with E-state index in [0.29, 0.717) is 12.5 Å². The van der Waals surface area contributed by atoms with Crippen molar-refractivity contribution >= 4 is 0 Å². The molecule has 108 valence electrons. The van der Waals surface area contributed by atoms with E-state index in [1.807, 2.05) is 12.1 Å². The second-order valence-corrected chi connectivity index (χ2v) is 5.44. The number of aryl methyl sites for hydroxylation is 1. The molecular formula is C16H23N3O. The van der Waals surface area contributed by atoms with Crippen molar-refractivity contribution in [2.75, 3.05) is 13.7 Å². The first-order valence-corrected chi connectivity index (χ1v) is 6.96. The molecule has 0 aliphatic heterocycles. The number of nitrogens with one attached hydrogen (secondary N) is 1. The monoisotopic (exact) mass is 273 g/mol. The standard InChI is InChI=1S/C16H23N3O/c1-10(2)14-8-15(19-18-14)13(9-17)12-7-11(3)5-6-16(12)20-4/h5-8,10,13H,9,17H2,1-4H3,(H,18,19). The number of nitrogens with zero attached hydrogens (tertiary/aromatic N) is 1. The Hall–Kier alpha value is -1.81. The molecule has 0 aliphatic carbocycles. The molecule has 0 amide bonds. The third-order valence-corrected chi connectivity index (χ3v) is 3.58. The van der Waals surface area contributed by atoms with E-state index in [1.165, 1.54) is 5.56 Å². The quantitative estimate of drug-likeness (QED) is 0.880. The molecule has 4 nitrogen and oxygen atoms in total. The predicted molar refractivity (Wildman–Crippen MR) is 81.3 cm³/mol. The lowest BCUT2D eigenvalue weighted by molar-refractivity contribution is 0.407. The van der Waals surface area contributed by atoms with Crippen molar-refractivity contribution < 1.29 is 4.74 Å². The van der Waals surface area contributed by atoms with Gasteiger partial charge in [0.25, 0.3) is 0 Å². The largest absolute Gasteiger partial charge is 0.496 e. The van der Waals surface area contributed by atoms with E-state index >= 15 is 0 Å². The Morgan fingerprint density at radius 3 is 2.60 bits per heavy atom. The van der Waals surface area contributed by atoms with Gasteiger partial charge in [-0.15, -0.1) is 0 Å². The van der Waals surface area contributed by atoms with Gasteiger partial charge in [-0.25, -0.2) is 0 Å². The first-order valence-electron chi connectivity index (χ1n) is 6.96. The Bertz CT molecular complexity index is 575. The molecule has 2 aromatic rings. The van der Waals surface area contributed by atoms with Gasteiger partial charge in [0.2, 0.25) is 0 Å². The molecule has 0 radical (unpaired) electrons. The van der Waals surface area contributed by atoms with Crippen LogP contribution in [0.2, 0.25) is 0 Å². The summed E-state index contributed by atoms with van der Waals surface area (Å²) in [7, 11) is 1.69. The minimum absolute atomic E-state index is 0.0739. The fourth-order valence-corrected chi connectivity index (χ4v) is 2.37. The summed E-state index contributed by atoms with van der Waals surface area (Å²) in [5.41, 5.74) is 10.4. The van der Waals surface area contributed by atoms with Crippen LogP contribution in [0.1, 0.15) is 48.2 Å². The Morgan fingerprint density at radius 1 is 1.30 bits per heavy atom. The Balaban J connectivity index is 2.43. The van der Waals surface area contributed by atoms with E-state index in [2.05, 4.69) is 43.1 Å². The third-order valence-electron chi connectivity index (χ3n) is 3.58. The van der Waals surface area contributed by atoms with Crippen molar-refractivity contribution in [3.63, 3.8) is 0 Å². The summed E-state index contributed by atoms with van der Waals surface area (Å²) in [6.45, 7) is 6.85. The van der Waals surface area contributed by atoms with E-state index in [1.54, 1.807) is 7.11 Å². The van der Waals surface area contributed by atoms with Gasteiger partial charge in [-0.3, -0.25) is 5.10 Å². The molecule has 1 aromatic heterocycles. The summed E-state index contributed by atoms with van der Waals surface area (Å²) in [5, 5.41) is 7.49. The maximum atomic E-state index is 5.99. The van der Waals surface area contributed by atoms with E-state index in [0.717, 1.165) is 22.7 Å². The Kier molecular flexibility index (Phi) is 4.45. The van der Waals surface area contributed by atoms with Crippen LogP contribution in [0.4, 0.5) is 0 Å². The van der Waals surface area contributed by atoms with Crippen molar-refractivity contribution in [1.82, 2.24) is 10.2 Å². The first kappa shape index (κ1) is 14.6. The summed E-state index contributed by atoms with van der Waals surface area (Å²) < 4.78 is 5.47. The lowest BCUT2D eigenvalue weighted by atomic mass is 9.93. The summed E-state index contributed by atoms with van der Waals surface area (Å²) in [4.78, 5) is 0. The van der Waals surface area contributed by atoms with E-state index in [-0.39, 0.29) is 5.92 Å². The number of hydrogen-bond acceptors (Lipinski definition) is 3. The number of aromatic nitrogens is 2. The lowest BCUT2D eigenvalue weighted by Gasteiger charge is -2.17. The summed E-state index contributed by atoms with van der Waals surface area (Å²) in [6, 6.07) is 8.27. The van der Waals surface area contributed by atoms with Gasteiger partial charge in [0, 0.05) is 23.7 Å². The lowest BCUT2D eigenvalue weighted by Crippen LogP contribution is -2.15. The maximum Gasteiger partial charge on any atom is 0.122 e. The maximum absolute atomic E-state index is 5.99. The fraction of sp³-hybridized carbons (Fsp3) is 0.438. The van der Waals surface area contributed by atoms with Crippen molar-refractivity contribution in [2.45, 2.75) is 32.6 Å². The highest BCUT2D eigenvalue weighted by atomic mass is 16.5. The number of methoxy groups -OCH3 is 1. The molecule has 4 heteroatoms. The van der Waals surface area contributed by atoms with E-state index in [4.69, 9.17) is 10.5 Å². The van der Waals surface area contributed by atoms with Crippen LogP contribution in [0.15, 0.2) is 24.3 Å². The number of aromatic amines is 1. The SMILES string of the molecule is COc1ccc(C)cc1C(CN)c1cc(C(C)C)n[nH]1. The molecule has 1 unspecified atom stereocenters. The van der Waals surface area contributed by atoms with Crippen molar-refractivity contribution in [1.29, 1.82) is 0 Å². The molecule has 0 fully saturated rings. The van der Waals surface area contributed by atoms with Gasteiger partial charge in [-0.2, -0.15) is 5.10 Å². The Morgan fingerprint density at radius 2 is 2.05 bits per heavy atom. The zero-order valence-corrected chi connectivity index (χ0v) is 12.6. The number of ether oxygens (including phenoxy) is 1. The zero-order valence-electron chi connectivity index (χ0n) is 12.6. The topological polar surface area (TPSA) is 63.9 Å². The van der Waals surface area contributed by atoms with Crippen LogP contribution in [0.3, 0.4) is 0 Å². The second kappa shape index (κ2) is 6.09. The molecule has 0 bridgehead atoms. The molecular weight excluding hydrogens is 250 g/mol. The highest BCUT2D eigenvalue weighted by Crippen LogP contribution is 2.32. The summed E-state index contributed by atoms with van der Waals surface area (Å²) >= 11 is 0. The average molecular weight is 273 g/mol. The number of hydrogen-bond donors (Lipinski definition) is 2. The molecule has 1 heterocycles. The van der Waals surface area contributed by atoms with Gasteiger partial charge < -0.3 is 10.5 Å². The number of rotatable bonds is 5. The van der Waals surface area contributed by atoms with Crippen LogP contribution in [-0.2, 0) is 0 Å². The molecule has 1 aromatic carbocycles. The number of benzene rings is 1. The summed E-state index contributed by atoms with van der Waals surface area (Å²) in [5.74, 6) is 1.34. The Labute approximate surface area is 120 Å². The number of H-pyrrole nitrogens is 1. The minimum atomic E-state index is 0.0739. The van der Waals surface area contributed by atoms with Crippen LogP contribution in [0, 0.1) is 6.92 Å².